The lowest BCUT2D eigenvalue weighted by atomic mass is 10.3. The molecule has 1 heterocycles. The topological polar surface area (TPSA) is 81.4 Å². The smallest absolute Gasteiger partial charge is 0.407 e. The van der Waals surface area contributed by atoms with E-state index in [1.165, 1.54) is 12.3 Å². The van der Waals surface area contributed by atoms with Gasteiger partial charge in [0.2, 0.25) is 11.5 Å². The summed E-state index contributed by atoms with van der Waals surface area (Å²) in [5, 5.41) is 5.68. The van der Waals surface area contributed by atoms with Crippen molar-refractivity contribution in [1.29, 1.82) is 0 Å². The van der Waals surface area contributed by atoms with E-state index < -0.39 is 6.09 Å². The summed E-state index contributed by atoms with van der Waals surface area (Å²) in [6.07, 6.45) is 0.517. The highest BCUT2D eigenvalue weighted by Crippen LogP contribution is 1.97. The Morgan fingerprint density at radius 1 is 1.60 bits per heavy atom. The number of ketones is 1. The molecule has 0 saturated heterocycles. The second kappa shape index (κ2) is 5.14. The average molecular weight is 212 g/mol. The van der Waals surface area contributed by atoms with Crippen molar-refractivity contribution in [1.82, 2.24) is 10.5 Å². The van der Waals surface area contributed by atoms with Gasteiger partial charge < -0.3 is 14.6 Å². The van der Waals surface area contributed by atoms with E-state index in [4.69, 9.17) is 4.74 Å². The molecular weight excluding hydrogens is 200 g/mol. The first-order chi connectivity index (χ1) is 7.09. The third-order valence-corrected chi connectivity index (χ3v) is 1.45. The Morgan fingerprint density at radius 3 is 2.87 bits per heavy atom. The fourth-order valence-corrected chi connectivity index (χ4v) is 0.855. The van der Waals surface area contributed by atoms with Gasteiger partial charge in [-0.2, -0.15) is 0 Å². The molecule has 0 saturated carbocycles. The monoisotopic (exact) mass is 212 g/mol. The van der Waals surface area contributed by atoms with E-state index in [1.807, 2.05) is 0 Å². The van der Waals surface area contributed by atoms with Crippen molar-refractivity contribution in [3.8, 4) is 0 Å². The van der Waals surface area contributed by atoms with Crippen molar-refractivity contribution < 1.29 is 18.8 Å². The summed E-state index contributed by atoms with van der Waals surface area (Å²) in [6.45, 7) is 3.27. The maximum absolute atomic E-state index is 11.3. The van der Waals surface area contributed by atoms with Gasteiger partial charge in [0, 0.05) is 6.07 Å². The molecule has 0 unspecified atom stereocenters. The minimum Gasteiger partial charge on any atom is -0.447 e. The largest absolute Gasteiger partial charge is 0.447 e. The van der Waals surface area contributed by atoms with E-state index in [1.54, 1.807) is 13.8 Å². The van der Waals surface area contributed by atoms with Gasteiger partial charge in [-0.25, -0.2) is 4.79 Å². The molecule has 0 aliphatic heterocycles. The van der Waals surface area contributed by atoms with Crippen molar-refractivity contribution in [2.45, 2.75) is 20.0 Å². The number of rotatable bonds is 4. The first kappa shape index (κ1) is 11.2. The lowest BCUT2D eigenvalue weighted by molar-refractivity contribution is 0.0921. The van der Waals surface area contributed by atoms with Gasteiger partial charge in [0.25, 0.3) is 0 Å². The van der Waals surface area contributed by atoms with Crippen molar-refractivity contribution in [3.63, 3.8) is 0 Å². The maximum atomic E-state index is 11.3. The fourth-order valence-electron chi connectivity index (χ4n) is 0.855. The summed E-state index contributed by atoms with van der Waals surface area (Å²) in [6, 6.07) is 1.43. The number of hydrogen-bond donors (Lipinski definition) is 1. The van der Waals surface area contributed by atoms with Crippen LogP contribution in [-0.4, -0.2) is 29.7 Å². The molecular formula is C9H12N2O4. The molecule has 0 fully saturated rings. The third kappa shape index (κ3) is 3.80. The van der Waals surface area contributed by atoms with E-state index in [9.17, 15) is 9.59 Å². The minimum absolute atomic E-state index is 0.111. The zero-order chi connectivity index (χ0) is 11.3. The summed E-state index contributed by atoms with van der Waals surface area (Å²) in [7, 11) is 0. The number of Topliss-reactive ketones (excluding diaryl/α,β-unsaturated/α-hetero) is 1. The van der Waals surface area contributed by atoms with Gasteiger partial charge in [0.1, 0.15) is 0 Å². The molecule has 0 aliphatic carbocycles. The zero-order valence-corrected chi connectivity index (χ0v) is 8.52. The van der Waals surface area contributed by atoms with Crippen LogP contribution in [0.4, 0.5) is 4.79 Å². The molecule has 1 amide bonds. The van der Waals surface area contributed by atoms with Crippen LogP contribution in [0.15, 0.2) is 16.8 Å². The van der Waals surface area contributed by atoms with Crippen LogP contribution in [0.1, 0.15) is 24.4 Å². The molecule has 0 atom stereocenters. The highest BCUT2D eigenvalue weighted by Gasteiger charge is 2.12. The standard InChI is InChI=1S/C9H12N2O4/c1-6(2)14-9(13)10-5-7(12)8-3-4-11-15-8/h3-4,6H,5H2,1-2H3,(H,10,13). The van der Waals surface area contributed by atoms with Gasteiger partial charge >= 0.3 is 6.09 Å². The Kier molecular flexibility index (Phi) is 3.84. The summed E-state index contributed by atoms with van der Waals surface area (Å²) in [4.78, 5) is 22.3. The predicted molar refractivity (Wildman–Crippen MR) is 50.5 cm³/mol. The average Bonchev–Trinajstić information content (AvgIpc) is 2.65. The Bertz CT molecular complexity index is 332. The lowest BCUT2D eigenvalue weighted by Crippen LogP contribution is -2.31. The summed E-state index contributed by atoms with van der Waals surface area (Å²) < 4.78 is 9.39. The van der Waals surface area contributed by atoms with Crippen LogP contribution in [0.5, 0.6) is 0 Å². The van der Waals surface area contributed by atoms with E-state index in [2.05, 4.69) is 15.0 Å². The van der Waals surface area contributed by atoms with Gasteiger partial charge in [0.05, 0.1) is 18.8 Å². The van der Waals surface area contributed by atoms with Crippen LogP contribution in [-0.2, 0) is 4.74 Å². The van der Waals surface area contributed by atoms with Gasteiger partial charge in [-0.3, -0.25) is 4.79 Å². The molecule has 1 aromatic rings. The van der Waals surface area contributed by atoms with Gasteiger partial charge in [-0.15, -0.1) is 0 Å². The Labute approximate surface area is 86.6 Å². The van der Waals surface area contributed by atoms with Crippen molar-refractivity contribution in [3.05, 3.63) is 18.0 Å². The van der Waals surface area contributed by atoms with Crippen molar-refractivity contribution in [2.75, 3.05) is 6.54 Å². The number of alkyl carbamates (subject to hydrolysis) is 1. The summed E-state index contributed by atoms with van der Waals surface area (Å²) in [5.41, 5.74) is 0. The normalized spacial score (nSPS) is 10.1. The van der Waals surface area contributed by atoms with Crippen molar-refractivity contribution in [2.24, 2.45) is 0 Å². The molecule has 1 rings (SSSR count). The SMILES string of the molecule is CC(C)OC(=O)NCC(=O)c1ccno1. The predicted octanol–water partition coefficient (Wildman–Crippen LogP) is 0.992. The fraction of sp³-hybridized carbons (Fsp3) is 0.444. The second-order valence-electron chi connectivity index (χ2n) is 3.11. The first-order valence-corrected chi connectivity index (χ1v) is 4.48. The molecule has 0 spiro atoms. The molecule has 0 aliphatic rings. The number of aromatic nitrogens is 1. The number of amides is 1. The van der Waals surface area contributed by atoms with E-state index in [-0.39, 0.29) is 24.2 Å². The van der Waals surface area contributed by atoms with Crippen LogP contribution in [0.3, 0.4) is 0 Å². The molecule has 6 nitrogen and oxygen atoms in total. The lowest BCUT2D eigenvalue weighted by Gasteiger charge is -2.07. The molecule has 82 valence electrons. The highest BCUT2D eigenvalue weighted by molar-refractivity contribution is 5.96. The van der Waals surface area contributed by atoms with Crippen LogP contribution in [0.2, 0.25) is 0 Å². The van der Waals surface area contributed by atoms with Gasteiger partial charge in [-0.05, 0) is 13.8 Å². The number of carbonyl (C=O) groups is 2. The van der Waals surface area contributed by atoms with Crippen LogP contribution in [0, 0.1) is 0 Å². The summed E-state index contributed by atoms with van der Waals surface area (Å²) in [5.74, 6) is -0.243. The number of hydrogen-bond acceptors (Lipinski definition) is 5. The molecule has 1 aromatic heterocycles. The third-order valence-electron chi connectivity index (χ3n) is 1.45. The van der Waals surface area contributed by atoms with E-state index in [0.717, 1.165) is 0 Å². The number of ether oxygens (including phenoxy) is 1. The van der Waals surface area contributed by atoms with Crippen molar-refractivity contribution >= 4 is 11.9 Å². The van der Waals surface area contributed by atoms with E-state index in [0.29, 0.717) is 0 Å². The molecule has 0 bridgehead atoms. The number of nitrogens with zero attached hydrogens (tertiary/aromatic N) is 1. The summed E-state index contributed by atoms with van der Waals surface area (Å²) >= 11 is 0. The molecule has 0 aromatic carbocycles. The minimum atomic E-state index is -0.627. The second-order valence-corrected chi connectivity index (χ2v) is 3.11. The highest BCUT2D eigenvalue weighted by atomic mass is 16.6. The molecule has 6 heteroatoms. The van der Waals surface area contributed by atoms with E-state index >= 15 is 0 Å². The molecule has 15 heavy (non-hydrogen) atoms. The van der Waals surface area contributed by atoms with Crippen LogP contribution >= 0.6 is 0 Å². The Morgan fingerprint density at radius 2 is 2.33 bits per heavy atom. The number of carbonyl (C=O) groups excluding carboxylic acids is 2. The number of nitrogens with one attached hydrogen (secondary N) is 1. The zero-order valence-electron chi connectivity index (χ0n) is 8.52. The van der Waals surface area contributed by atoms with Gasteiger partial charge in [-0.1, -0.05) is 5.16 Å². The van der Waals surface area contributed by atoms with Crippen LogP contribution in [0.25, 0.3) is 0 Å². The quantitative estimate of drug-likeness (QED) is 0.752. The first-order valence-electron chi connectivity index (χ1n) is 4.48. The molecule has 0 radical (unpaired) electrons. The maximum Gasteiger partial charge on any atom is 0.407 e. The van der Waals surface area contributed by atoms with Gasteiger partial charge in [0.15, 0.2) is 0 Å². The Hall–Kier alpha value is -1.85. The van der Waals surface area contributed by atoms with Crippen LogP contribution < -0.4 is 5.32 Å². The Balaban J connectivity index is 2.32. The molecule has 1 N–H and O–H groups in total.